The number of carbonyl (C=O) groups excluding carboxylic acids is 1. The van der Waals surface area contributed by atoms with E-state index < -0.39 is 11.5 Å². The predicted molar refractivity (Wildman–Crippen MR) is 142 cm³/mol. The van der Waals surface area contributed by atoms with Crippen LogP contribution in [0.2, 0.25) is 4.34 Å². The average Bonchev–Trinajstić information content (AvgIpc) is 3.48. The third-order valence-electron chi connectivity index (χ3n) is 6.44. The van der Waals surface area contributed by atoms with Crippen molar-refractivity contribution in [2.45, 2.75) is 31.4 Å². The first-order chi connectivity index (χ1) is 17.8. The van der Waals surface area contributed by atoms with Gasteiger partial charge in [-0.05, 0) is 70.3 Å². The minimum atomic E-state index is -1.39. The number of benzene rings is 3. The topological polar surface area (TPSA) is 75.6 Å². The second-order valence-electron chi connectivity index (χ2n) is 9.11. The van der Waals surface area contributed by atoms with Gasteiger partial charge in [0.05, 0.1) is 10.8 Å². The van der Waals surface area contributed by atoms with E-state index in [1.807, 2.05) is 30.3 Å². The lowest BCUT2D eigenvalue weighted by Crippen LogP contribution is -2.55. The highest BCUT2D eigenvalue weighted by molar-refractivity contribution is 7.19. The van der Waals surface area contributed by atoms with E-state index in [4.69, 9.17) is 16.3 Å². The number of rotatable bonds is 8. The van der Waals surface area contributed by atoms with E-state index in [0.717, 1.165) is 32.7 Å². The van der Waals surface area contributed by atoms with Crippen LogP contribution >= 0.6 is 22.9 Å². The molecule has 0 saturated heterocycles. The van der Waals surface area contributed by atoms with Crippen molar-refractivity contribution in [2.75, 3.05) is 0 Å². The molecular weight excluding hydrogens is 513 g/mol. The molecule has 37 heavy (non-hydrogen) atoms. The van der Waals surface area contributed by atoms with Gasteiger partial charge in [0, 0.05) is 17.7 Å². The van der Waals surface area contributed by atoms with Crippen LogP contribution in [-0.2, 0) is 35.5 Å². The van der Waals surface area contributed by atoms with Crippen molar-refractivity contribution in [1.29, 1.82) is 0 Å². The molecule has 0 bridgehead atoms. The fourth-order valence-electron chi connectivity index (χ4n) is 4.54. The summed E-state index contributed by atoms with van der Waals surface area (Å²) in [6.45, 7) is 0.295. The first-order valence-electron chi connectivity index (χ1n) is 11.7. The predicted octanol–water partition coefficient (Wildman–Crippen LogP) is 6.07. The molecule has 1 atom stereocenters. The number of ether oxygens (including phenoxy) is 1. The van der Waals surface area contributed by atoms with Gasteiger partial charge in [-0.3, -0.25) is 4.79 Å². The van der Waals surface area contributed by atoms with Crippen molar-refractivity contribution in [3.05, 3.63) is 111 Å². The maximum atomic E-state index is 13.0. The minimum Gasteiger partial charge on any atom is -0.489 e. The van der Waals surface area contributed by atoms with Crippen LogP contribution in [-0.4, -0.2) is 22.5 Å². The summed E-state index contributed by atoms with van der Waals surface area (Å²) >= 11 is 7.53. The van der Waals surface area contributed by atoms with Gasteiger partial charge in [0.1, 0.15) is 23.7 Å². The van der Waals surface area contributed by atoms with Crippen LogP contribution in [0.5, 0.6) is 5.75 Å². The van der Waals surface area contributed by atoms with Crippen LogP contribution in [0.25, 0.3) is 10.4 Å². The Bertz CT molecular complexity index is 1450. The number of carbonyl (C=O) groups is 2. The maximum absolute atomic E-state index is 13.0. The Hall–Kier alpha value is -3.68. The van der Waals surface area contributed by atoms with Crippen molar-refractivity contribution in [1.82, 2.24) is 5.32 Å². The number of hydrogen-bond donors (Lipinski definition) is 2. The first-order valence-corrected chi connectivity index (χ1v) is 12.9. The zero-order valence-corrected chi connectivity index (χ0v) is 21.2. The van der Waals surface area contributed by atoms with E-state index in [1.165, 1.54) is 23.5 Å². The molecule has 0 fully saturated rings. The summed E-state index contributed by atoms with van der Waals surface area (Å²) < 4.78 is 19.4. The molecule has 1 aromatic heterocycles. The molecule has 0 aliphatic heterocycles. The van der Waals surface area contributed by atoms with Gasteiger partial charge in [-0.1, -0.05) is 48.0 Å². The van der Waals surface area contributed by atoms with E-state index in [2.05, 4.69) is 5.32 Å². The SMILES string of the molecule is O=C(Cc1ccc(OCc2ccc(F)cc2)cc1)NC1(C(=O)O)Cc2ccc(-c3ccc(Cl)s3)cc2C1. The zero-order chi connectivity index (χ0) is 26.0. The van der Waals surface area contributed by atoms with Gasteiger partial charge in [0.15, 0.2) is 0 Å². The number of nitrogens with one attached hydrogen (secondary N) is 1. The van der Waals surface area contributed by atoms with E-state index in [9.17, 15) is 19.1 Å². The number of thiophene rings is 1. The molecule has 1 amide bonds. The molecule has 5 nitrogen and oxygen atoms in total. The largest absolute Gasteiger partial charge is 0.489 e. The molecule has 8 heteroatoms. The van der Waals surface area contributed by atoms with Crippen LogP contribution < -0.4 is 10.1 Å². The summed E-state index contributed by atoms with van der Waals surface area (Å²) in [6.07, 6.45) is 0.486. The van der Waals surface area contributed by atoms with Gasteiger partial charge in [-0.15, -0.1) is 11.3 Å². The highest BCUT2D eigenvalue weighted by Gasteiger charge is 2.45. The smallest absolute Gasteiger partial charge is 0.330 e. The number of fused-ring (bicyclic) bond motifs is 1. The molecule has 1 heterocycles. The van der Waals surface area contributed by atoms with Gasteiger partial charge in [-0.25, -0.2) is 9.18 Å². The van der Waals surface area contributed by atoms with Crippen LogP contribution in [0.3, 0.4) is 0 Å². The number of carboxylic acids is 1. The number of hydrogen-bond acceptors (Lipinski definition) is 4. The van der Waals surface area contributed by atoms with E-state index in [1.54, 1.807) is 36.4 Å². The molecule has 5 rings (SSSR count). The highest BCUT2D eigenvalue weighted by Crippen LogP contribution is 2.37. The van der Waals surface area contributed by atoms with Crippen LogP contribution in [0.4, 0.5) is 4.39 Å². The third kappa shape index (κ3) is 5.68. The van der Waals surface area contributed by atoms with Crippen molar-refractivity contribution in [3.8, 4) is 16.2 Å². The molecule has 3 aromatic carbocycles. The normalized spacial score (nSPS) is 16.3. The van der Waals surface area contributed by atoms with Gasteiger partial charge in [-0.2, -0.15) is 0 Å². The lowest BCUT2D eigenvalue weighted by molar-refractivity contribution is -0.147. The molecule has 4 aromatic rings. The molecule has 1 aliphatic rings. The van der Waals surface area contributed by atoms with Crippen LogP contribution in [0.1, 0.15) is 22.3 Å². The van der Waals surface area contributed by atoms with Crippen LogP contribution in [0, 0.1) is 5.82 Å². The Labute approximate surface area is 222 Å². The molecule has 0 saturated carbocycles. The summed E-state index contributed by atoms with van der Waals surface area (Å²) in [6, 6.07) is 22.8. The van der Waals surface area contributed by atoms with E-state index in [-0.39, 0.29) is 31.0 Å². The van der Waals surface area contributed by atoms with E-state index in [0.29, 0.717) is 16.7 Å². The molecule has 0 radical (unpaired) electrons. The Morgan fingerprint density at radius 1 is 0.946 bits per heavy atom. The van der Waals surface area contributed by atoms with Crippen LogP contribution in [0.15, 0.2) is 78.9 Å². The number of halogens is 2. The Kier molecular flexibility index (Phi) is 7.00. The lowest BCUT2D eigenvalue weighted by Gasteiger charge is -2.25. The van der Waals surface area contributed by atoms with Crippen molar-refractivity contribution in [3.63, 3.8) is 0 Å². The van der Waals surface area contributed by atoms with Crippen molar-refractivity contribution >= 4 is 34.8 Å². The average molecular weight is 536 g/mol. The summed E-state index contributed by atoms with van der Waals surface area (Å²) in [4.78, 5) is 26.2. The standard InChI is InChI=1S/C29H23ClFNO4S/c30-26-12-11-25(37-26)20-5-6-21-15-29(28(34)35,16-22(21)14-20)32-27(33)13-18-3-9-24(10-4-18)36-17-19-1-7-23(31)8-2-19/h1-12,14H,13,15-17H2,(H,32,33)(H,34,35). The van der Waals surface area contributed by atoms with Gasteiger partial charge in [0.2, 0.25) is 5.91 Å². The Morgan fingerprint density at radius 2 is 1.65 bits per heavy atom. The Balaban J connectivity index is 1.22. The summed E-state index contributed by atoms with van der Waals surface area (Å²) in [5.41, 5.74) is 2.99. The molecular formula is C29H23ClFNO4S. The van der Waals surface area contributed by atoms with Gasteiger partial charge < -0.3 is 15.2 Å². The quantitative estimate of drug-likeness (QED) is 0.287. The number of amides is 1. The molecule has 2 N–H and O–H groups in total. The molecule has 188 valence electrons. The molecule has 1 aliphatic carbocycles. The molecule has 0 spiro atoms. The second-order valence-corrected chi connectivity index (χ2v) is 10.8. The van der Waals surface area contributed by atoms with Crippen molar-refractivity contribution < 1.29 is 23.8 Å². The molecule has 1 unspecified atom stereocenters. The van der Waals surface area contributed by atoms with Crippen molar-refractivity contribution in [2.24, 2.45) is 0 Å². The second kappa shape index (κ2) is 10.4. The fourth-order valence-corrected chi connectivity index (χ4v) is 5.58. The number of carboxylic acid groups (broad SMARTS) is 1. The maximum Gasteiger partial charge on any atom is 0.330 e. The fraction of sp³-hybridized carbons (Fsp3) is 0.172. The summed E-state index contributed by atoms with van der Waals surface area (Å²) in [7, 11) is 0. The highest BCUT2D eigenvalue weighted by atomic mass is 35.5. The minimum absolute atomic E-state index is 0.0442. The first kappa shape index (κ1) is 25.0. The van der Waals surface area contributed by atoms with Gasteiger partial charge >= 0.3 is 5.97 Å². The third-order valence-corrected chi connectivity index (χ3v) is 7.72. The summed E-state index contributed by atoms with van der Waals surface area (Å²) in [5, 5.41) is 12.9. The Morgan fingerprint density at radius 3 is 2.32 bits per heavy atom. The monoisotopic (exact) mass is 535 g/mol. The summed E-state index contributed by atoms with van der Waals surface area (Å²) in [5.74, 6) is -1.10. The van der Waals surface area contributed by atoms with E-state index >= 15 is 0 Å². The zero-order valence-electron chi connectivity index (χ0n) is 19.7. The number of aliphatic carboxylic acids is 1. The van der Waals surface area contributed by atoms with Gasteiger partial charge in [0.25, 0.3) is 0 Å². The lowest BCUT2D eigenvalue weighted by atomic mass is 9.95.